The highest BCUT2D eigenvalue weighted by molar-refractivity contribution is 7.93. The molecule has 10 nitrogen and oxygen atoms in total. The van der Waals surface area contributed by atoms with Crippen molar-refractivity contribution < 1.29 is 22.0 Å². The van der Waals surface area contributed by atoms with E-state index in [2.05, 4.69) is 25.0 Å². The first-order valence-electron chi connectivity index (χ1n) is 11.9. The molecule has 2 aromatic heterocycles. The van der Waals surface area contributed by atoms with Crippen molar-refractivity contribution in [3.8, 4) is 0 Å². The van der Waals surface area contributed by atoms with Gasteiger partial charge in [0.25, 0.3) is 10.0 Å². The maximum Gasteiger partial charge on any atom is 0.420 e. The van der Waals surface area contributed by atoms with Crippen LogP contribution in [0.15, 0.2) is 50.8 Å². The maximum absolute atomic E-state index is 15.1. The number of aromatic nitrogens is 3. The summed E-state index contributed by atoms with van der Waals surface area (Å²) in [4.78, 5) is 18.4. The third-order valence-corrected chi connectivity index (χ3v) is 9.10. The van der Waals surface area contributed by atoms with Gasteiger partial charge in [0.1, 0.15) is 17.0 Å². The molecule has 0 bridgehead atoms. The number of morpholine rings is 1. The predicted molar refractivity (Wildman–Crippen MR) is 135 cm³/mol. The third kappa shape index (κ3) is 4.67. The first-order chi connectivity index (χ1) is 17.9. The second-order valence-corrected chi connectivity index (χ2v) is 11.6. The average molecular weight is 546 g/mol. The SMILES string of the molecule is O=c1oc2cc(S(=O)(=O)Nc3ncns3)c(F)cc2n1Cc1cccc2c1CC(N1CCOCC1)CC2. The van der Waals surface area contributed by atoms with Crippen molar-refractivity contribution in [2.45, 2.75) is 36.7 Å². The van der Waals surface area contributed by atoms with Gasteiger partial charge in [0.05, 0.1) is 25.3 Å². The Balaban J connectivity index is 1.32. The molecule has 3 heterocycles. The van der Waals surface area contributed by atoms with Gasteiger partial charge >= 0.3 is 5.76 Å². The summed E-state index contributed by atoms with van der Waals surface area (Å²) in [6.07, 6.45) is 4.07. The second kappa shape index (κ2) is 9.63. The van der Waals surface area contributed by atoms with Gasteiger partial charge < -0.3 is 9.15 Å². The number of nitrogens with one attached hydrogen (secondary N) is 1. The minimum Gasteiger partial charge on any atom is -0.408 e. The van der Waals surface area contributed by atoms with Crippen LogP contribution in [0.2, 0.25) is 0 Å². The maximum atomic E-state index is 15.1. The van der Waals surface area contributed by atoms with E-state index < -0.39 is 26.5 Å². The normalized spacial score (nSPS) is 18.7. The summed E-state index contributed by atoms with van der Waals surface area (Å²) >= 11 is 0.821. The Labute approximate surface area is 215 Å². The molecule has 0 amide bonds. The zero-order valence-corrected chi connectivity index (χ0v) is 21.4. The lowest BCUT2D eigenvalue weighted by atomic mass is 9.84. The Morgan fingerprint density at radius 2 is 2.05 bits per heavy atom. The first kappa shape index (κ1) is 24.2. The molecule has 37 heavy (non-hydrogen) atoms. The van der Waals surface area contributed by atoms with Crippen LogP contribution in [0, 0.1) is 5.82 Å². The molecule has 1 aliphatic heterocycles. The number of hydrogen-bond acceptors (Lipinski definition) is 9. The van der Waals surface area contributed by atoms with E-state index in [9.17, 15) is 13.2 Å². The minimum absolute atomic E-state index is 0.00255. The number of rotatable bonds is 6. The van der Waals surface area contributed by atoms with E-state index in [1.54, 1.807) is 0 Å². The van der Waals surface area contributed by atoms with Crippen molar-refractivity contribution in [1.29, 1.82) is 0 Å². The van der Waals surface area contributed by atoms with Gasteiger partial charge in [0.2, 0.25) is 5.13 Å². The fourth-order valence-corrected chi connectivity index (χ4v) is 6.96. The molecule has 2 aromatic carbocycles. The Hall–Kier alpha value is -3.13. The summed E-state index contributed by atoms with van der Waals surface area (Å²) in [5, 5.41) is 0.00255. The van der Waals surface area contributed by atoms with E-state index in [0.717, 1.165) is 74.8 Å². The number of benzene rings is 2. The molecule has 1 aliphatic carbocycles. The highest BCUT2D eigenvalue weighted by Crippen LogP contribution is 2.30. The Morgan fingerprint density at radius 3 is 2.84 bits per heavy atom. The fourth-order valence-electron chi connectivity index (χ4n) is 5.22. The van der Waals surface area contributed by atoms with Gasteiger partial charge in [-0.25, -0.2) is 22.6 Å². The van der Waals surface area contributed by atoms with Gasteiger partial charge in [0, 0.05) is 42.8 Å². The molecule has 6 rings (SSSR count). The van der Waals surface area contributed by atoms with Crippen molar-refractivity contribution in [3.05, 3.63) is 69.7 Å². The monoisotopic (exact) mass is 545 g/mol. The van der Waals surface area contributed by atoms with E-state index in [0.29, 0.717) is 6.04 Å². The Bertz CT molecular complexity index is 1610. The quantitative estimate of drug-likeness (QED) is 0.393. The van der Waals surface area contributed by atoms with Crippen LogP contribution in [0.25, 0.3) is 11.1 Å². The number of aryl methyl sites for hydroxylation is 1. The molecule has 4 aromatic rings. The highest BCUT2D eigenvalue weighted by atomic mass is 32.2. The molecule has 0 saturated carbocycles. The van der Waals surface area contributed by atoms with Gasteiger partial charge in [-0.05, 0) is 36.0 Å². The lowest BCUT2D eigenvalue weighted by Gasteiger charge is -2.38. The van der Waals surface area contributed by atoms with E-state index in [4.69, 9.17) is 9.15 Å². The third-order valence-electron chi connectivity index (χ3n) is 7.04. The van der Waals surface area contributed by atoms with Gasteiger partial charge in [-0.1, -0.05) is 18.2 Å². The first-order valence-corrected chi connectivity index (χ1v) is 14.2. The number of ether oxygens (including phenoxy) is 1. The zero-order valence-electron chi connectivity index (χ0n) is 19.7. The summed E-state index contributed by atoms with van der Waals surface area (Å²) in [7, 11) is -4.30. The van der Waals surface area contributed by atoms with E-state index in [1.165, 1.54) is 22.0 Å². The van der Waals surface area contributed by atoms with Crippen molar-refractivity contribution in [2.75, 3.05) is 31.0 Å². The molecule has 1 N–H and O–H groups in total. The predicted octanol–water partition coefficient (Wildman–Crippen LogP) is 2.62. The summed E-state index contributed by atoms with van der Waals surface area (Å²) in [5.41, 5.74) is 3.60. The lowest BCUT2D eigenvalue weighted by molar-refractivity contribution is 0.0137. The molecule has 1 unspecified atom stereocenters. The van der Waals surface area contributed by atoms with E-state index in [1.807, 2.05) is 12.1 Å². The van der Waals surface area contributed by atoms with Crippen LogP contribution >= 0.6 is 11.5 Å². The molecule has 2 aliphatic rings. The van der Waals surface area contributed by atoms with Crippen LogP contribution in [0.3, 0.4) is 0 Å². The molecule has 0 spiro atoms. The number of nitrogens with zero attached hydrogens (tertiary/aromatic N) is 4. The summed E-state index contributed by atoms with van der Waals surface area (Å²) in [5.74, 6) is -1.68. The summed E-state index contributed by atoms with van der Waals surface area (Å²) < 4.78 is 58.6. The number of sulfonamides is 1. The molecule has 1 fully saturated rings. The van der Waals surface area contributed by atoms with Crippen molar-refractivity contribution >= 4 is 37.8 Å². The number of oxazole rings is 1. The van der Waals surface area contributed by atoms with Crippen LogP contribution in [0.5, 0.6) is 0 Å². The van der Waals surface area contributed by atoms with E-state index in [-0.39, 0.29) is 22.8 Å². The van der Waals surface area contributed by atoms with Gasteiger partial charge in [-0.2, -0.15) is 4.37 Å². The molecular formula is C24H24FN5O5S2. The number of hydrogen-bond donors (Lipinski definition) is 1. The molecule has 1 atom stereocenters. The number of anilines is 1. The summed E-state index contributed by atoms with van der Waals surface area (Å²) in [6.45, 7) is 3.49. The van der Waals surface area contributed by atoms with E-state index >= 15 is 4.39 Å². The Kier molecular flexibility index (Phi) is 6.31. The smallest absolute Gasteiger partial charge is 0.408 e. The van der Waals surface area contributed by atoms with Crippen LogP contribution in [0.1, 0.15) is 23.1 Å². The zero-order chi connectivity index (χ0) is 25.6. The molecular weight excluding hydrogens is 521 g/mol. The highest BCUT2D eigenvalue weighted by Gasteiger charge is 2.28. The number of fused-ring (bicyclic) bond motifs is 2. The van der Waals surface area contributed by atoms with Gasteiger partial charge in [-0.15, -0.1) is 0 Å². The van der Waals surface area contributed by atoms with Crippen LogP contribution in [-0.2, 0) is 34.1 Å². The van der Waals surface area contributed by atoms with Gasteiger partial charge in [0.15, 0.2) is 5.58 Å². The minimum atomic E-state index is -4.30. The molecule has 194 valence electrons. The van der Waals surface area contributed by atoms with Crippen LogP contribution < -0.4 is 10.5 Å². The van der Waals surface area contributed by atoms with Crippen LogP contribution in [0.4, 0.5) is 9.52 Å². The Morgan fingerprint density at radius 1 is 1.22 bits per heavy atom. The van der Waals surface area contributed by atoms with Crippen molar-refractivity contribution in [3.63, 3.8) is 0 Å². The molecule has 13 heteroatoms. The van der Waals surface area contributed by atoms with Crippen LogP contribution in [-0.4, -0.2) is 59.6 Å². The number of halogens is 1. The molecule has 0 radical (unpaired) electrons. The van der Waals surface area contributed by atoms with Gasteiger partial charge in [-0.3, -0.25) is 14.2 Å². The molecule has 1 saturated heterocycles. The fraction of sp³-hybridized carbons (Fsp3) is 0.375. The second-order valence-electron chi connectivity index (χ2n) is 9.16. The lowest BCUT2D eigenvalue weighted by Crippen LogP contribution is -2.46. The topological polar surface area (TPSA) is 120 Å². The largest absolute Gasteiger partial charge is 0.420 e. The van der Waals surface area contributed by atoms with Crippen molar-refractivity contribution in [1.82, 2.24) is 18.8 Å². The average Bonchev–Trinajstić information content (AvgIpc) is 3.51. The van der Waals surface area contributed by atoms with Crippen molar-refractivity contribution in [2.24, 2.45) is 0 Å². The standard InChI is InChI=1S/C24H24FN5O5S2/c25-19-11-20-21(12-22(19)37(32,33)28-23-26-14-27-36-23)35-24(31)30(20)13-16-3-1-2-15-4-5-17(10-18(15)16)29-6-8-34-9-7-29/h1-3,11-12,14,17H,4-10,13H2,(H,26,27,28). The summed E-state index contributed by atoms with van der Waals surface area (Å²) in [6, 6.07) is 8.53.